The molecule has 1 aromatic heterocycles. The summed E-state index contributed by atoms with van der Waals surface area (Å²) >= 11 is 0. The van der Waals surface area contributed by atoms with Crippen molar-refractivity contribution in [3.05, 3.63) is 83.4 Å². The summed E-state index contributed by atoms with van der Waals surface area (Å²) in [4.78, 5) is 36.6. The molecule has 0 saturated carbocycles. The summed E-state index contributed by atoms with van der Waals surface area (Å²) in [5.41, 5.74) is 8.61. The number of ether oxygens (including phenoxy) is 2. The first-order valence-electron chi connectivity index (χ1n) is 13.5. The van der Waals surface area contributed by atoms with E-state index in [1.165, 1.54) is 0 Å². The van der Waals surface area contributed by atoms with Gasteiger partial charge in [0.1, 0.15) is 6.29 Å². The van der Waals surface area contributed by atoms with Gasteiger partial charge < -0.3 is 36.5 Å². The minimum absolute atomic E-state index is 0.168. The van der Waals surface area contributed by atoms with Gasteiger partial charge in [0.05, 0.1) is 26.4 Å². The molecular formula is C29H38N8O4. The lowest BCUT2D eigenvalue weighted by Gasteiger charge is -2.11. The van der Waals surface area contributed by atoms with E-state index >= 15 is 0 Å². The summed E-state index contributed by atoms with van der Waals surface area (Å²) in [5, 5.41) is 12.4. The lowest BCUT2D eigenvalue weighted by Crippen LogP contribution is -2.27. The lowest BCUT2D eigenvalue weighted by molar-refractivity contribution is 0.0511. The Hall–Kier alpha value is -4.39. The van der Waals surface area contributed by atoms with Gasteiger partial charge in [0.25, 0.3) is 5.91 Å². The van der Waals surface area contributed by atoms with Gasteiger partial charge in [-0.05, 0) is 29.7 Å². The number of amides is 1. The minimum Gasteiger partial charge on any atom is -0.378 e. The molecule has 0 aliphatic rings. The molecule has 3 aromatic rings. The molecule has 0 unspecified atom stereocenters. The fourth-order valence-electron chi connectivity index (χ4n) is 3.56. The molecule has 2 aromatic carbocycles. The second-order valence-corrected chi connectivity index (χ2v) is 8.83. The highest BCUT2D eigenvalue weighted by molar-refractivity contribution is 5.94. The second kappa shape index (κ2) is 18.1. The molecule has 12 heteroatoms. The van der Waals surface area contributed by atoms with E-state index in [1.54, 1.807) is 30.3 Å². The van der Waals surface area contributed by atoms with Crippen LogP contribution in [-0.4, -0.2) is 79.8 Å². The standard InChI is InChI=1S/C29H38N8O4/c1-2-13-32-27-35-28(33-14-11-22-3-5-24(21-38)6-4-22)37-29(36-27)34-20-23-7-9-25(10-8-23)26(39)31-15-17-41-19-18-40-16-12-30/h2-10,21H,1,11-20,30H2,(H,31,39)(H3,32,33,34,35,36,37). The average molecular weight is 563 g/mol. The first kappa shape index (κ1) is 31.1. The van der Waals surface area contributed by atoms with Crippen molar-refractivity contribution in [2.75, 3.05) is 68.6 Å². The summed E-state index contributed by atoms with van der Waals surface area (Å²) in [6.07, 6.45) is 3.28. The van der Waals surface area contributed by atoms with Crippen LogP contribution < -0.4 is 27.0 Å². The van der Waals surface area contributed by atoms with Gasteiger partial charge >= 0.3 is 0 Å². The molecule has 218 valence electrons. The second-order valence-electron chi connectivity index (χ2n) is 8.83. The maximum Gasteiger partial charge on any atom is 0.251 e. The molecule has 0 spiro atoms. The van der Waals surface area contributed by atoms with Gasteiger partial charge in [0, 0.05) is 43.9 Å². The number of nitrogens with zero attached hydrogens (tertiary/aromatic N) is 3. The van der Waals surface area contributed by atoms with E-state index in [1.807, 2.05) is 24.3 Å². The van der Waals surface area contributed by atoms with Gasteiger partial charge in [-0.3, -0.25) is 9.59 Å². The number of carbonyl (C=O) groups excluding carboxylic acids is 2. The number of aldehydes is 1. The van der Waals surface area contributed by atoms with E-state index in [9.17, 15) is 9.59 Å². The maximum atomic E-state index is 12.4. The van der Waals surface area contributed by atoms with Crippen molar-refractivity contribution in [3.8, 4) is 0 Å². The quantitative estimate of drug-likeness (QED) is 0.0779. The van der Waals surface area contributed by atoms with Crippen LogP contribution in [0.15, 0.2) is 61.2 Å². The molecular weight excluding hydrogens is 524 g/mol. The van der Waals surface area contributed by atoms with Crippen molar-refractivity contribution in [1.82, 2.24) is 20.3 Å². The average Bonchev–Trinajstić information content (AvgIpc) is 3.00. The van der Waals surface area contributed by atoms with Crippen LogP contribution in [0.5, 0.6) is 0 Å². The zero-order valence-corrected chi connectivity index (χ0v) is 23.1. The number of anilines is 3. The predicted octanol–water partition coefficient (Wildman–Crippen LogP) is 2.27. The third-order valence-corrected chi connectivity index (χ3v) is 5.69. The summed E-state index contributed by atoms with van der Waals surface area (Å²) < 4.78 is 10.6. The molecule has 41 heavy (non-hydrogen) atoms. The highest BCUT2D eigenvalue weighted by atomic mass is 16.5. The maximum absolute atomic E-state index is 12.4. The highest BCUT2D eigenvalue weighted by Crippen LogP contribution is 2.12. The van der Waals surface area contributed by atoms with E-state index < -0.39 is 0 Å². The van der Waals surface area contributed by atoms with Crippen LogP contribution in [-0.2, 0) is 22.4 Å². The molecule has 3 rings (SSSR count). The van der Waals surface area contributed by atoms with Gasteiger partial charge in [-0.15, -0.1) is 6.58 Å². The van der Waals surface area contributed by atoms with Crippen molar-refractivity contribution in [1.29, 1.82) is 0 Å². The Morgan fingerprint density at radius 3 is 2.10 bits per heavy atom. The van der Waals surface area contributed by atoms with Gasteiger partial charge in [-0.2, -0.15) is 15.0 Å². The number of nitrogens with one attached hydrogen (secondary N) is 4. The smallest absolute Gasteiger partial charge is 0.251 e. The Morgan fingerprint density at radius 2 is 1.44 bits per heavy atom. The zero-order valence-electron chi connectivity index (χ0n) is 23.1. The van der Waals surface area contributed by atoms with Crippen LogP contribution in [0.1, 0.15) is 31.8 Å². The lowest BCUT2D eigenvalue weighted by atomic mass is 10.1. The molecule has 1 amide bonds. The van der Waals surface area contributed by atoms with Crippen molar-refractivity contribution in [2.45, 2.75) is 13.0 Å². The third-order valence-electron chi connectivity index (χ3n) is 5.69. The van der Waals surface area contributed by atoms with Crippen molar-refractivity contribution in [2.24, 2.45) is 5.73 Å². The van der Waals surface area contributed by atoms with Crippen LogP contribution in [0.25, 0.3) is 0 Å². The van der Waals surface area contributed by atoms with Gasteiger partial charge in [-0.25, -0.2) is 0 Å². The predicted molar refractivity (Wildman–Crippen MR) is 159 cm³/mol. The molecule has 0 atom stereocenters. The fourth-order valence-corrected chi connectivity index (χ4v) is 3.56. The summed E-state index contributed by atoms with van der Waals surface area (Å²) in [7, 11) is 0. The van der Waals surface area contributed by atoms with E-state index in [0.29, 0.717) is 88.1 Å². The molecule has 0 bridgehead atoms. The Labute approximate surface area is 240 Å². The third kappa shape index (κ3) is 11.7. The van der Waals surface area contributed by atoms with Crippen LogP contribution in [0.3, 0.4) is 0 Å². The van der Waals surface area contributed by atoms with E-state index in [4.69, 9.17) is 15.2 Å². The Balaban J connectivity index is 1.48. The van der Waals surface area contributed by atoms with Crippen LogP contribution in [0.2, 0.25) is 0 Å². The molecule has 0 fully saturated rings. The zero-order chi connectivity index (χ0) is 29.1. The molecule has 0 aliphatic carbocycles. The van der Waals surface area contributed by atoms with E-state index in [-0.39, 0.29) is 5.91 Å². The monoisotopic (exact) mass is 562 g/mol. The van der Waals surface area contributed by atoms with Gasteiger partial charge in [0.15, 0.2) is 0 Å². The fraction of sp³-hybridized carbons (Fsp3) is 0.345. The number of nitrogens with two attached hydrogens (primary N) is 1. The van der Waals surface area contributed by atoms with Crippen LogP contribution >= 0.6 is 0 Å². The van der Waals surface area contributed by atoms with E-state index in [2.05, 4.69) is 42.8 Å². The molecule has 6 N–H and O–H groups in total. The number of hydrogen-bond donors (Lipinski definition) is 5. The Bertz CT molecular complexity index is 1220. The number of rotatable bonds is 20. The minimum atomic E-state index is -0.168. The van der Waals surface area contributed by atoms with Crippen molar-refractivity contribution in [3.63, 3.8) is 0 Å². The van der Waals surface area contributed by atoms with Crippen molar-refractivity contribution < 1.29 is 19.1 Å². The summed E-state index contributed by atoms with van der Waals surface area (Å²) in [5.74, 6) is 1.08. The first-order valence-corrected chi connectivity index (χ1v) is 13.5. The molecule has 1 heterocycles. The van der Waals surface area contributed by atoms with Crippen LogP contribution in [0.4, 0.5) is 17.8 Å². The van der Waals surface area contributed by atoms with Gasteiger partial charge in [0.2, 0.25) is 17.8 Å². The summed E-state index contributed by atoms with van der Waals surface area (Å²) in [6, 6.07) is 14.7. The normalized spacial score (nSPS) is 10.6. The number of hydrogen-bond acceptors (Lipinski definition) is 11. The molecule has 0 radical (unpaired) electrons. The number of aromatic nitrogens is 3. The molecule has 12 nitrogen and oxygen atoms in total. The highest BCUT2D eigenvalue weighted by Gasteiger charge is 2.08. The van der Waals surface area contributed by atoms with Crippen LogP contribution in [0, 0.1) is 0 Å². The molecule has 0 saturated heterocycles. The van der Waals surface area contributed by atoms with E-state index in [0.717, 1.165) is 23.8 Å². The van der Waals surface area contributed by atoms with Gasteiger partial charge in [-0.1, -0.05) is 42.5 Å². The van der Waals surface area contributed by atoms with Crippen molar-refractivity contribution >= 4 is 30.0 Å². The number of benzene rings is 2. The molecule has 0 aliphatic heterocycles. The Kier molecular flexibility index (Phi) is 13.7. The Morgan fingerprint density at radius 1 is 0.805 bits per heavy atom. The topological polar surface area (TPSA) is 165 Å². The largest absolute Gasteiger partial charge is 0.378 e. The first-order chi connectivity index (χ1) is 20.1. The SMILES string of the molecule is C=CCNc1nc(NCCc2ccc(C=O)cc2)nc(NCc2ccc(C(=O)NCCOCCOCCN)cc2)n1. The number of carbonyl (C=O) groups is 2. The summed E-state index contributed by atoms with van der Waals surface area (Å²) in [6.45, 7) is 8.02.